The summed E-state index contributed by atoms with van der Waals surface area (Å²) in [6, 6.07) is 13.2. The van der Waals surface area contributed by atoms with Crippen LogP contribution in [0.1, 0.15) is 30.0 Å². The van der Waals surface area contributed by atoms with Crippen molar-refractivity contribution in [2.24, 2.45) is 0 Å². The van der Waals surface area contributed by atoms with Crippen LogP contribution in [-0.2, 0) is 22.6 Å². The number of benzene rings is 2. The number of hydrogen-bond donors (Lipinski definition) is 1. The van der Waals surface area contributed by atoms with Crippen molar-refractivity contribution in [3.05, 3.63) is 71.0 Å². The summed E-state index contributed by atoms with van der Waals surface area (Å²) in [7, 11) is 1.56. The van der Waals surface area contributed by atoms with Gasteiger partial charge < -0.3 is 10.2 Å². The second-order valence-corrected chi connectivity index (χ2v) is 6.35. The summed E-state index contributed by atoms with van der Waals surface area (Å²) >= 11 is 0. The van der Waals surface area contributed by atoms with Crippen molar-refractivity contribution in [1.82, 2.24) is 10.2 Å². The molecule has 1 atom stereocenters. The van der Waals surface area contributed by atoms with Gasteiger partial charge >= 0.3 is 0 Å². The molecule has 2 aromatic carbocycles. The average molecular weight is 356 g/mol. The molecule has 0 aliphatic rings. The van der Waals surface area contributed by atoms with Crippen LogP contribution in [0.15, 0.2) is 48.5 Å². The SMILES string of the molecule is CCC(C(=O)NC)N(Cc1ccc(F)cc1)C(=O)Cc1cccc(C)c1. The molecule has 5 heteroatoms. The largest absolute Gasteiger partial charge is 0.357 e. The lowest BCUT2D eigenvalue weighted by Gasteiger charge is -2.30. The first-order chi connectivity index (χ1) is 12.4. The van der Waals surface area contributed by atoms with E-state index in [1.807, 2.05) is 38.1 Å². The van der Waals surface area contributed by atoms with Crippen molar-refractivity contribution in [3.8, 4) is 0 Å². The first-order valence-corrected chi connectivity index (χ1v) is 8.75. The summed E-state index contributed by atoms with van der Waals surface area (Å²) in [4.78, 5) is 26.8. The summed E-state index contributed by atoms with van der Waals surface area (Å²) in [6.07, 6.45) is 0.719. The molecule has 2 amide bonds. The molecule has 0 spiro atoms. The lowest BCUT2D eigenvalue weighted by molar-refractivity contribution is -0.140. The van der Waals surface area contributed by atoms with Gasteiger partial charge in [-0.15, -0.1) is 0 Å². The monoisotopic (exact) mass is 356 g/mol. The minimum atomic E-state index is -0.567. The van der Waals surface area contributed by atoms with E-state index in [0.717, 1.165) is 16.7 Å². The highest BCUT2D eigenvalue weighted by Crippen LogP contribution is 2.15. The van der Waals surface area contributed by atoms with E-state index < -0.39 is 6.04 Å². The maximum absolute atomic E-state index is 13.2. The molecule has 26 heavy (non-hydrogen) atoms. The van der Waals surface area contributed by atoms with Crippen LogP contribution in [0.2, 0.25) is 0 Å². The summed E-state index contributed by atoms with van der Waals surface area (Å²) in [5, 5.41) is 2.63. The zero-order valence-corrected chi connectivity index (χ0v) is 15.5. The zero-order chi connectivity index (χ0) is 19.1. The molecule has 0 aliphatic carbocycles. The number of aryl methyl sites for hydroxylation is 1. The fourth-order valence-electron chi connectivity index (χ4n) is 2.97. The van der Waals surface area contributed by atoms with Crippen LogP contribution in [0, 0.1) is 12.7 Å². The van der Waals surface area contributed by atoms with E-state index in [4.69, 9.17) is 0 Å². The van der Waals surface area contributed by atoms with Gasteiger partial charge in [-0.25, -0.2) is 4.39 Å². The van der Waals surface area contributed by atoms with E-state index in [2.05, 4.69) is 5.32 Å². The number of carbonyl (C=O) groups excluding carboxylic acids is 2. The Hall–Kier alpha value is -2.69. The van der Waals surface area contributed by atoms with Crippen molar-refractivity contribution in [1.29, 1.82) is 0 Å². The van der Waals surface area contributed by atoms with E-state index in [1.165, 1.54) is 12.1 Å². The summed E-state index contributed by atoms with van der Waals surface area (Å²) in [6.45, 7) is 4.11. The van der Waals surface area contributed by atoms with Crippen LogP contribution < -0.4 is 5.32 Å². The molecule has 0 aliphatic heterocycles. The Labute approximate surface area is 154 Å². The molecule has 0 fully saturated rings. The number of amides is 2. The second-order valence-electron chi connectivity index (χ2n) is 6.35. The van der Waals surface area contributed by atoms with Gasteiger partial charge in [0.05, 0.1) is 6.42 Å². The third kappa shape index (κ3) is 5.15. The fraction of sp³-hybridized carbons (Fsp3) is 0.333. The van der Waals surface area contributed by atoms with E-state index in [-0.39, 0.29) is 30.6 Å². The molecule has 0 radical (unpaired) electrons. The standard InChI is InChI=1S/C21H25FN2O2/c1-4-19(21(26)23-3)24(14-16-8-10-18(22)11-9-16)20(25)13-17-7-5-6-15(2)12-17/h5-12,19H,4,13-14H2,1-3H3,(H,23,26). The predicted octanol–water partition coefficient (Wildman–Crippen LogP) is 3.23. The third-order valence-electron chi connectivity index (χ3n) is 4.34. The van der Waals surface area contributed by atoms with Gasteiger partial charge in [0.15, 0.2) is 0 Å². The van der Waals surface area contributed by atoms with E-state index in [9.17, 15) is 14.0 Å². The Bertz CT molecular complexity index is 759. The van der Waals surface area contributed by atoms with Gasteiger partial charge in [-0.3, -0.25) is 9.59 Å². The van der Waals surface area contributed by atoms with Gasteiger partial charge in [-0.05, 0) is 36.6 Å². The van der Waals surface area contributed by atoms with Gasteiger partial charge in [-0.1, -0.05) is 48.9 Å². The first-order valence-electron chi connectivity index (χ1n) is 8.75. The van der Waals surface area contributed by atoms with Crippen molar-refractivity contribution >= 4 is 11.8 Å². The Morgan fingerprint density at radius 2 is 1.81 bits per heavy atom. The molecule has 0 saturated carbocycles. The molecule has 2 rings (SSSR count). The van der Waals surface area contributed by atoms with Crippen LogP contribution in [-0.4, -0.2) is 29.8 Å². The second kappa shape index (κ2) is 9.13. The van der Waals surface area contributed by atoms with E-state index in [1.54, 1.807) is 24.1 Å². The summed E-state index contributed by atoms with van der Waals surface area (Å²) < 4.78 is 13.2. The van der Waals surface area contributed by atoms with Crippen molar-refractivity contribution < 1.29 is 14.0 Å². The van der Waals surface area contributed by atoms with Crippen molar-refractivity contribution in [3.63, 3.8) is 0 Å². The Morgan fingerprint density at radius 3 is 2.38 bits per heavy atom. The number of rotatable bonds is 7. The smallest absolute Gasteiger partial charge is 0.242 e. The molecule has 2 aromatic rings. The molecular weight excluding hydrogens is 331 g/mol. The van der Waals surface area contributed by atoms with E-state index in [0.29, 0.717) is 6.42 Å². The topological polar surface area (TPSA) is 49.4 Å². The Balaban J connectivity index is 2.27. The number of carbonyl (C=O) groups is 2. The number of likely N-dealkylation sites (N-methyl/N-ethyl adjacent to an activating group) is 1. The highest BCUT2D eigenvalue weighted by molar-refractivity contribution is 5.88. The van der Waals surface area contributed by atoms with Crippen molar-refractivity contribution in [2.45, 2.75) is 39.3 Å². The summed E-state index contributed by atoms with van der Waals surface area (Å²) in [5.74, 6) is -0.660. The highest BCUT2D eigenvalue weighted by atomic mass is 19.1. The fourth-order valence-corrected chi connectivity index (χ4v) is 2.97. The first kappa shape index (κ1) is 19.6. The van der Waals surface area contributed by atoms with Crippen LogP contribution in [0.25, 0.3) is 0 Å². The lowest BCUT2D eigenvalue weighted by Crippen LogP contribution is -2.48. The quantitative estimate of drug-likeness (QED) is 0.828. The van der Waals surface area contributed by atoms with Gasteiger partial charge in [-0.2, -0.15) is 0 Å². The molecule has 138 valence electrons. The Kier molecular flexibility index (Phi) is 6.89. The normalized spacial score (nSPS) is 11.7. The lowest BCUT2D eigenvalue weighted by atomic mass is 10.1. The number of hydrogen-bond acceptors (Lipinski definition) is 2. The predicted molar refractivity (Wildman–Crippen MR) is 100.0 cm³/mol. The minimum absolute atomic E-state index is 0.129. The molecule has 0 heterocycles. The van der Waals surface area contributed by atoms with Gasteiger partial charge in [0.2, 0.25) is 11.8 Å². The zero-order valence-electron chi connectivity index (χ0n) is 15.5. The molecule has 1 N–H and O–H groups in total. The van der Waals surface area contributed by atoms with Crippen LogP contribution in [0.3, 0.4) is 0 Å². The average Bonchev–Trinajstić information content (AvgIpc) is 2.62. The third-order valence-corrected chi connectivity index (χ3v) is 4.34. The molecule has 4 nitrogen and oxygen atoms in total. The molecular formula is C21H25FN2O2. The highest BCUT2D eigenvalue weighted by Gasteiger charge is 2.27. The van der Waals surface area contributed by atoms with Crippen LogP contribution >= 0.6 is 0 Å². The van der Waals surface area contributed by atoms with Gasteiger partial charge in [0.1, 0.15) is 11.9 Å². The maximum Gasteiger partial charge on any atom is 0.242 e. The van der Waals surface area contributed by atoms with Gasteiger partial charge in [0, 0.05) is 13.6 Å². The van der Waals surface area contributed by atoms with Crippen LogP contribution in [0.5, 0.6) is 0 Å². The maximum atomic E-state index is 13.2. The number of nitrogens with zero attached hydrogens (tertiary/aromatic N) is 1. The van der Waals surface area contributed by atoms with E-state index >= 15 is 0 Å². The number of nitrogens with one attached hydrogen (secondary N) is 1. The van der Waals surface area contributed by atoms with Gasteiger partial charge in [0.25, 0.3) is 0 Å². The van der Waals surface area contributed by atoms with Crippen LogP contribution in [0.4, 0.5) is 4.39 Å². The number of halogens is 1. The Morgan fingerprint density at radius 1 is 1.12 bits per heavy atom. The minimum Gasteiger partial charge on any atom is -0.357 e. The molecule has 0 aromatic heterocycles. The van der Waals surface area contributed by atoms with Crippen molar-refractivity contribution in [2.75, 3.05) is 7.05 Å². The summed E-state index contributed by atoms with van der Waals surface area (Å²) in [5.41, 5.74) is 2.77. The molecule has 0 saturated heterocycles. The molecule has 1 unspecified atom stereocenters. The molecule has 0 bridgehead atoms.